The summed E-state index contributed by atoms with van der Waals surface area (Å²) in [6.07, 6.45) is 3.29. The Hall–Kier alpha value is -0.860. The van der Waals surface area contributed by atoms with Gasteiger partial charge in [-0.15, -0.1) is 0 Å². The van der Waals surface area contributed by atoms with Crippen LogP contribution in [0, 0.1) is 0 Å². The van der Waals surface area contributed by atoms with E-state index >= 15 is 0 Å². The molecule has 17 heavy (non-hydrogen) atoms. The highest BCUT2D eigenvalue weighted by Crippen LogP contribution is 2.22. The summed E-state index contributed by atoms with van der Waals surface area (Å²) in [4.78, 5) is 0. The second-order valence-corrected chi connectivity index (χ2v) is 5.80. The Kier molecular flexibility index (Phi) is 5.16. The molecular formula is C15H26N2. The molecule has 1 rings (SSSR count). The van der Waals surface area contributed by atoms with Gasteiger partial charge in [-0.3, -0.25) is 11.3 Å². The first-order valence-corrected chi connectivity index (χ1v) is 6.53. The summed E-state index contributed by atoms with van der Waals surface area (Å²) in [6.45, 7) is 8.91. The normalized spacial score (nSPS) is 13.7. The molecule has 3 N–H and O–H groups in total. The van der Waals surface area contributed by atoms with E-state index in [2.05, 4.69) is 57.4 Å². The van der Waals surface area contributed by atoms with Crippen LogP contribution < -0.4 is 11.3 Å². The molecule has 0 aromatic heterocycles. The van der Waals surface area contributed by atoms with Crippen molar-refractivity contribution < 1.29 is 0 Å². The number of hydrogen-bond donors (Lipinski definition) is 2. The van der Waals surface area contributed by atoms with E-state index in [9.17, 15) is 0 Å². The Balaban J connectivity index is 2.68. The van der Waals surface area contributed by atoms with Gasteiger partial charge >= 0.3 is 0 Å². The van der Waals surface area contributed by atoms with Crippen molar-refractivity contribution in [3.63, 3.8) is 0 Å². The lowest BCUT2D eigenvalue weighted by Crippen LogP contribution is -2.36. The van der Waals surface area contributed by atoms with E-state index in [1.807, 2.05) is 0 Å². The fraction of sp³-hybridized carbons (Fsp3) is 0.600. The molecular weight excluding hydrogens is 208 g/mol. The minimum Gasteiger partial charge on any atom is -0.271 e. The first kappa shape index (κ1) is 14.2. The Morgan fingerprint density at radius 2 is 1.76 bits per heavy atom. The Morgan fingerprint density at radius 3 is 2.18 bits per heavy atom. The predicted molar refractivity (Wildman–Crippen MR) is 74.9 cm³/mol. The molecule has 1 aromatic rings. The Morgan fingerprint density at radius 1 is 1.18 bits per heavy atom. The molecule has 0 aliphatic carbocycles. The summed E-state index contributed by atoms with van der Waals surface area (Å²) in [5.74, 6) is 5.56. The SMILES string of the molecule is CCCC(Cc1ccc(C(C)(C)C)cc1)NN. The van der Waals surface area contributed by atoms with E-state index in [0.717, 1.165) is 19.3 Å². The van der Waals surface area contributed by atoms with E-state index in [0.29, 0.717) is 6.04 Å². The van der Waals surface area contributed by atoms with Crippen LogP contribution in [0.2, 0.25) is 0 Å². The van der Waals surface area contributed by atoms with E-state index < -0.39 is 0 Å². The maximum absolute atomic E-state index is 5.56. The second-order valence-electron chi connectivity index (χ2n) is 5.80. The topological polar surface area (TPSA) is 38.0 Å². The summed E-state index contributed by atoms with van der Waals surface area (Å²) in [7, 11) is 0. The summed E-state index contributed by atoms with van der Waals surface area (Å²) in [5, 5.41) is 0. The molecule has 0 saturated heterocycles. The fourth-order valence-electron chi connectivity index (χ4n) is 2.02. The lowest BCUT2D eigenvalue weighted by molar-refractivity contribution is 0.486. The van der Waals surface area contributed by atoms with Gasteiger partial charge in [0, 0.05) is 6.04 Å². The lowest BCUT2D eigenvalue weighted by Gasteiger charge is -2.20. The Bertz CT molecular complexity index is 322. The maximum atomic E-state index is 5.56. The van der Waals surface area contributed by atoms with Crippen LogP contribution in [-0.4, -0.2) is 6.04 Å². The molecule has 0 spiro atoms. The molecule has 0 bridgehead atoms. The van der Waals surface area contributed by atoms with Crippen molar-refractivity contribution >= 4 is 0 Å². The van der Waals surface area contributed by atoms with Crippen molar-refractivity contribution in [1.82, 2.24) is 5.43 Å². The average molecular weight is 234 g/mol. The molecule has 96 valence electrons. The van der Waals surface area contributed by atoms with Crippen LogP contribution in [0.15, 0.2) is 24.3 Å². The van der Waals surface area contributed by atoms with Crippen LogP contribution in [0.5, 0.6) is 0 Å². The molecule has 0 saturated carbocycles. The predicted octanol–water partition coefficient (Wildman–Crippen LogP) is 3.16. The van der Waals surface area contributed by atoms with Gasteiger partial charge in [0.1, 0.15) is 0 Å². The number of nitrogens with one attached hydrogen (secondary N) is 1. The number of hydrazine groups is 1. The fourth-order valence-corrected chi connectivity index (χ4v) is 2.02. The van der Waals surface area contributed by atoms with Gasteiger partial charge in [-0.1, -0.05) is 58.4 Å². The highest BCUT2D eigenvalue weighted by atomic mass is 15.2. The highest BCUT2D eigenvalue weighted by Gasteiger charge is 2.13. The van der Waals surface area contributed by atoms with Crippen molar-refractivity contribution in [1.29, 1.82) is 0 Å². The third kappa shape index (κ3) is 4.49. The van der Waals surface area contributed by atoms with Gasteiger partial charge in [0.2, 0.25) is 0 Å². The van der Waals surface area contributed by atoms with Crippen LogP contribution >= 0.6 is 0 Å². The second kappa shape index (κ2) is 6.18. The van der Waals surface area contributed by atoms with E-state index in [1.54, 1.807) is 0 Å². The van der Waals surface area contributed by atoms with Crippen LogP contribution in [-0.2, 0) is 11.8 Å². The number of rotatable bonds is 5. The standard InChI is InChI=1S/C15H26N2/c1-5-6-14(17-16)11-12-7-9-13(10-8-12)15(2,3)4/h7-10,14,17H,5-6,11,16H2,1-4H3. The number of nitrogens with two attached hydrogens (primary N) is 1. The van der Waals surface area contributed by atoms with Gasteiger partial charge in [0.25, 0.3) is 0 Å². The minimum absolute atomic E-state index is 0.230. The molecule has 1 atom stereocenters. The summed E-state index contributed by atoms with van der Waals surface area (Å²) < 4.78 is 0. The first-order valence-electron chi connectivity index (χ1n) is 6.53. The molecule has 0 aliphatic rings. The third-order valence-electron chi connectivity index (χ3n) is 3.17. The van der Waals surface area contributed by atoms with Gasteiger partial charge in [-0.05, 0) is 29.4 Å². The number of hydrogen-bond acceptors (Lipinski definition) is 2. The van der Waals surface area contributed by atoms with Crippen LogP contribution in [0.4, 0.5) is 0 Å². The zero-order valence-corrected chi connectivity index (χ0v) is 11.6. The zero-order chi connectivity index (χ0) is 12.9. The third-order valence-corrected chi connectivity index (χ3v) is 3.17. The summed E-state index contributed by atoms with van der Waals surface area (Å²) >= 11 is 0. The minimum atomic E-state index is 0.230. The van der Waals surface area contributed by atoms with E-state index in [4.69, 9.17) is 5.84 Å². The van der Waals surface area contributed by atoms with Gasteiger partial charge in [0.05, 0.1) is 0 Å². The van der Waals surface area contributed by atoms with E-state index in [-0.39, 0.29) is 5.41 Å². The van der Waals surface area contributed by atoms with Crippen LogP contribution in [0.3, 0.4) is 0 Å². The van der Waals surface area contributed by atoms with Gasteiger partial charge in [0.15, 0.2) is 0 Å². The number of benzene rings is 1. The largest absolute Gasteiger partial charge is 0.271 e. The molecule has 1 unspecified atom stereocenters. The molecule has 2 nitrogen and oxygen atoms in total. The molecule has 0 radical (unpaired) electrons. The molecule has 0 heterocycles. The maximum Gasteiger partial charge on any atom is 0.0250 e. The van der Waals surface area contributed by atoms with E-state index in [1.165, 1.54) is 11.1 Å². The quantitative estimate of drug-likeness (QED) is 0.606. The van der Waals surface area contributed by atoms with Crippen molar-refractivity contribution in [2.24, 2.45) is 5.84 Å². The molecule has 2 heteroatoms. The summed E-state index contributed by atoms with van der Waals surface area (Å²) in [5.41, 5.74) is 5.87. The smallest absolute Gasteiger partial charge is 0.0250 e. The molecule has 0 aliphatic heterocycles. The van der Waals surface area contributed by atoms with Crippen molar-refractivity contribution in [3.8, 4) is 0 Å². The lowest BCUT2D eigenvalue weighted by atomic mass is 9.86. The van der Waals surface area contributed by atoms with Gasteiger partial charge in [-0.2, -0.15) is 0 Å². The Labute approximate surface area is 106 Å². The van der Waals surface area contributed by atoms with Gasteiger partial charge in [-0.25, -0.2) is 0 Å². The highest BCUT2D eigenvalue weighted by molar-refractivity contribution is 5.27. The van der Waals surface area contributed by atoms with Crippen LogP contribution in [0.1, 0.15) is 51.7 Å². The molecule has 0 fully saturated rings. The first-order chi connectivity index (χ1) is 7.97. The average Bonchev–Trinajstić information content (AvgIpc) is 2.28. The molecule has 0 amide bonds. The van der Waals surface area contributed by atoms with Crippen molar-refractivity contribution in [2.75, 3.05) is 0 Å². The van der Waals surface area contributed by atoms with Crippen LogP contribution in [0.25, 0.3) is 0 Å². The van der Waals surface area contributed by atoms with Gasteiger partial charge < -0.3 is 0 Å². The summed E-state index contributed by atoms with van der Waals surface area (Å²) in [6, 6.07) is 9.30. The monoisotopic (exact) mass is 234 g/mol. The van der Waals surface area contributed by atoms with Crippen molar-refractivity contribution in [3.05, 3.63) is 35.4 Å². The zero-order valence-electron chi connectivity index (χ0n) is 11.6. The molecule has 1 aromatic carbocycles. The van der Waals surface area contributed by atoms with Crippen molar-refractivity contribution in [2.45, 2.75) is 58.4 Å².